The predicted molar refractivity (Wildman–Crippen MR) is 212 cm³/mol. The monoisotopic (exact) mass is 930 g/mol. The molecule has 7 rings (SSSR count). The van der Waals surface area contributed by atoms with E-state index in [4.69, 9.17) is 14.4 Å². The summed E-state index contributed by atoms with van der Waals surface area (Å²) < 4.78 is 21.1. The molecule has 0 unspecified atom stereocenters. The van der Waals surface area contributed by atoms with Gasteiger partial charge in [-0.3, -0.25) is 0 Å². The number of aryl methyl sites for hydroxylation is 1. The molecule has 0 saturated carbocycles. The van der Waals surface area contributed by atoms with Gasteiger partial charge >= 0.3 is 130 Å². The Hall–Kier alpha value is -3.97. The van der Waals surface area contributed by atoms with E-state index in [0.29, 0.717) is 17.5 Å². The molecule has 0 atom stereocenters. The summed E-state index contributed by atoms with van der Waals surface area (Å²) >= 11 is -1.95. The average molecular weight is 929 g/mol. The van der Waals surface area contributed by atoms with Crippen LogP contribution in [0.4, 0.5) is 4.39 Å². The number of halogens is 1. The van der Waals surface area contributed by atoms with Gasteiger partial charge in [-0.05, 0) is 42.7 Å². The molecule has 0 bridgehead atoms. The number of fused-ring (bicyclic) bond motifs is 3. The van der Waals surface area contributed by atoms with Crippen molar-refractivity contribution >= 4 is 39.7 Å². The Morgan fingerprint density at radius 1 is 0.731 bits per heavy atom. The van der Waals surface area contributed by atoms with Crippen LogP contribution in [0.1, 0.15) is 44.4 Å². The van der Waals surface area contributed by atoms with Crippen molar-refractivity contribution < 1.29 is 28.9 Å². The van der Waals surface area contributed by atoms with E-state index in [1.165, 1.54) is 33.2 Å². The van der Waals surface area contributed by atoms with E-state index in [2.05, 4.69) is 99.3 Å². The summed E-state index contributed by atoms with van der Waals surface area (Å²) in [6.07, 6.45) is 6.04. The van der Waals surface area contributed by atoms with Gasteiger partial charge < -0.3 is 9.40 Å². The van der Waals surface area contributed by atoms with Crippen LogP contribution in [0.3, 0.4) is 0 Å². The third-order valence-corrected chi connectivity index (χ3v) is 13.3. The van der Waals surface area contributed by atoms with E-state index >= 15 is 0 Å². The zero-order chi connectivity index (χ0) is 36.3. The van der Waals surface area contributed by atoms with Gasteiger partial charge in [0.1, 0.15) is 0 Å². The van der Waals surface area contributed by atoms with Crippen LogP contribution in [-0.4, -0.2) is 28.2 Å². The molecule has 52 heavy (non-hydrogen) atoms. The van der Waals surface area contributed by atoms with Crippen molar-refractivity contribution in [3.8, 4) is 33.8 Å². The van der Waals surface area contributed by atoms with Crippen molar-refractivity contribution in [3.05, 3.63) is 132 Å². The number of furan rings is 1. The Balaban J connectivity index is 0.000000210. The van der Waals surface area contributed by atoms with E-state index in [-0.39, 0.29) is 25.9 Å². The Morgan fingerprint density at radius 2 is 1.40 bits per heavy atom. The zero-order valence-corrected chi connectivity index (χ0v) is 35.8. The molecule has 1 radical (unpaired) electrons. The summed E-state index contributed by atoms with van der Waals surface area (Å²) in [7, 11) is 0. The van der Waals surface area contributed by atoms with E-state index < -0.39 is 13.3 Å². The zero-order valence-electron chi connectivity index (χ0n) is 31.3. The Labute approximate surface area is 324 Å². The molecule has 7 aromatic rings. The standard InChI is InChI=1S/C27H23N2O.C18H23FGeN.Ir/c1-17(2)14-20-15-25(28-16-18(20)3)23-11-7-10-21-22-12-13-24(19-8-5-4-6-9-19)29-27(22)30-26(21)23;1-13(2)9-15-11-18(14-7-6-8-16(19)10-14)21-12-17(15)20(3,4)5;/h4-10,12-13,15-17H,14H2,1-3H3;6,8,10-13H,9H2,1-5H3;/q2*-1;. The van der Waals surface area contributed by atoms with E-state index in [1.54, 1.807) is 6.07 Å². The molecule has 0 amide bonds. The normalized spacial score (nSPS) is 11.5. The molecule has 0 spiro atoms. The van der Waals surface area contributed by atoms with Crippen molar-refractivity contribution in [2.45, 2.75) is 64.7 Å². The maximum absolute atomic E-state index is 13.4. The van der Waals surface area contributed by atoms with Crippen LogP contribution in [0.25, 0.3) is 55.8 Å². The van der Waals surface area contributed by atoms with Gasteiger partial charge in [-0.1, -0.05) is 66.8 Å². The smallest absolute Gasteiger partial charge is 0.216 e. The summed E-state index contributed by atoms with van der Waals surface area (Å²) in [6.45, 7) is 11.1. The fourth-order valence-corrected chi connectivity index (χ4v) is 9.79. The summed E-state index contributed by atoms with van der Waals surface area (Å²) in [5, 5.41) is 2.05. The van der Waals surface area contributed by atoms with Crippen LogP contribution < -0.4 is 4.40 Å². The van der Waals surface area contributed by atoms with E-state index in [9.17, 15) is 4.39 Å². The van der Waals surface area contributed by atoms with Crippen LogP contribution in [0.2, 0.25) is 17.3 Å². The molecular formula is C45H46FGeIrN3O-2. The molecule has 0 aliphatic heterocycles. The van der Waals surface area contributed by atoms with Crippen molar-refractivity contribution in [3.63, 3.8) is 0 Å². The molecule has 3 aromatic carbocycles. The first-order valence-corrected chi connectivity index (χ1v) is 25.1. The first-order valence-electron chi connectivity index (χ1n) is 17.8. The fourth-order valence-electron chi connectivity index (χ4n) is 6.46. The van der Waals surface area contributed by atoms with Crippen LogP contribution in [0.15, 0.2) is 102 Å². The number of aromatic nitrogens is 3. The second kappa shape index (κ2) is 16.8. The third kappa shape index (κ3) is 9.15. The van der Waals surface area contributed by atoms with Crippen molar-refractivity contribution in [2.24, 2.45) is 11.8 Å². The second-order valence-electron chi connectivity index (χ2n) is 15.2. The van der Waals surface area contributed by atoms with Crippen molar-refractivity contribution in [2.75, 3.05) is 0 Å². The fraction of sp³-hybridized carbons (Fsp3) is 0.267. The van der Waals surface area contributed by atoms with Gasteiger partial charge in [0.25, 0.3) is 0 Å². The van der Waals surface area contributed by atoms with Crippen LogP contribution in [-0.2, 0) is 32.9 Å². The number of nitrogens with zero attached hydrogens (tertiary/aromatic N) is 3. The number of hydrogen-bond acceptors (Lipinski definition) is 4. The summed E-state index contributed by atoms with van der Waals surface area (Å²) in [5.41, 5.74) is 10.7. The summed E-state index contributed by atoms with van der Waals surface area (Å²) in [4.78, 5) is 14.1. The molecule has 269 valence electrons. The summed E-state index contributed by atoms with van der Waals surface area (Å²) in [6, 6.07) is 33.6. The minimum atomic E-state index is -1.95. The van der Waals surface area contributed by atoms with Gasteiger partial charge in [0, 0.05) is 37.3 Å². The van der Waals surface area contributed by atoms with Gasteiger partial charge in [0.15, 0.2) is 0 Å². The molecule has 4 aromatic heterocycles. The quantitative estimate of drug-likeness (QED) is 0.113. The van der Waals surface area contributed by atoms with Crippen LogP contribution in [0, 0.1) is 36.7 Å². The second-order valence-corrected chi connectivity index (χ2v) is 25.8. The molecule has 7 heteroatoms. The summed E-state index contributed by atoms with van der Waals surface area (Å²) in [5.74, 6) is 8.10. The minimum absolute atomic E-state index is 0. The van der Waals surface area contributed by atoms with E-state index in [0.717, 1.165) is 63.0 Å². The number of pyridine rings is 3. The van der Waals surface area contributed by atoms with Crippen molar-refractivity contribution in [1.82, 2.24) is 15.0 Å². The van der Waals surface area contributed by atoms with E-state index in [1.807, 2.05) is 48.8 Å². The molecule has 4 heterocycles. The molecule has 0 aliphatic carbocycles. The number of rotatable bonds is 8. The Morgan fingerprint density at radius 3 is 2.10 bits per heavy atom. The molecule has 4 nitrogen and oxygen atoms in total. The first kappa shape index (κ1) is 39.2. The van der Waals surface area contributed by atoms with Gasteiger partial charge in [0.2, 0.25) is 5.71 Å². The Kier molecular flexibility index (Phi) is 12.7. The molecule has 0 aliphatic rings. The van der Waals surface area contributed by atoms with Gasteiger partial charge in [-0.25, -0.2) is 4.98 Å². The largest absolute Gasteiger partial charge is 0.486 e. The van der Waals surface area contributed by atoms with Crippen LogP contribution >= 0.6 is 0 Å². The number of hydrogen-bond donors (Lipinski definition) is 0. The number of benzene rings is 3. The molecular weight excluding hydrogens is 882 g/mol. The Bertz CT molecular complexity index is 2290. The third-order valence-electron chi connectivity index (χ3n) is 8.93. The molecule has 0 N–H and O–H groups in total. The predicted octanol–water partition coefficient (Wildman–Crippen LogP) is 11.4. The van der Waals surface area contributed by atoms with Gasteiger partial charge in [0.05, 0.1) is 11.3 Å². The average Bonchev–Trinajstić information content (AvgIpc) is 3.47. The molecule has 0 fully saturated rings. The van der Waals surface area contributed by atoms with Gasteiger partial charge in [-0.15, -0.1) is 18.2 Å². The maximum Gasteiger partial charge on any atom is 0.216 e. The van der Waals surface area contributed by atoms with Crippen molar-refractivity contribution in [1.29, 1.82) is 0 Å². The maximum atomic E-state index is 13.4. The van der Waals surface area contributed by atoms with Gasteiger partial charge in [-0.2, -0.15) is 0 Å². The minimum Gasteiger partial charge on any atom is -0.486 e. The molecule has 0 saturated heterocycles. The first-order chi connectivity index (χ1) is 24.4. The topological polar surface area (TPSA) is 51.8 Å². The SMILES string of the molecule is CC(C)Cc1cc(-c2[c-]ccc(F)c2)nc[c]1[Ge]([CH3])([CH3])[CH3].Cc1cnc(-c2[c-]ccc3c2oc2nc(-c4ccccc4)ccc23)cc1CC(C)C.[Ir]. The van der Waals surface area contributed by atoms with Crippen LogP contribution in [0.5, 0.6) is 0 Å².